The molecule has 1 saturated heterocycles. The van der Waals surface area contributed by atoms with Crippen LogP contribution in [-0.4, -0.2) is 23.1 Å². The first kappa shape index (κ1) is 14.3. The molecule has 6 heteroatoms. The lowest BCUT2D eigenvalue weighted by molar-refractivity contribution is 0.625. The molecule has 21 heavy (non-hydrogen) atoms. The number of halogens is 2. The van der Waals surface area contributed by atoms with Crippen LogP contribution >= 0.6 is 15.9 Å². The van der Waals surface area contributed by atoms with Crippen molar-refractivity contribution < 1.29 is 4.39 Å². The number of hydrogen-bond donors (Lipinski definition) is 1. The van der Waals surface area contributed by atoms with Gasteiger partial charge in [-0.1, -0.05) is 15.9 Å². The maximum absolute atomic E-state index is 13.3. The van der Waals surface area contributed by atoms with Gasteiger partial charge in [-0.2, -0.15) is 0 Å². The van der Waals surface area contributed by atoms with E-state index in [9.17, 15) is 4.39 Å². The van der Waals surface area contributed by atoms with E-state index in [0.29, 0.717) is 6.54 Å². The van der Waals surface area contributed by atoms with E-state index < -0.39 is 0 Å². The molecule has 1 N–H and O–H groups in total. The average Bonchev–Trinajstić information content (AvgIpc) is 2.99. The Morgan fingerprint density at radius 1 is 1.14 bits per heavy atom. The molecule has 2 heterocycles. The second-order valence-electron chi connectivity index (χ2n) is 5.09. The molecule has 1 aliphatic rings. The van der Waals surface area contributed by atoms with E-state index in [0.717, 1.165) is 34.8 Å². The van der Waals surface area contributed by atoms with E-state index in [1.54, 1.807) is 6.33 Å². The van der Waals surface area contributed by atoms with Gasteiger partial charge in [0, 0.05) is 30.2 Å². The summed E-state index contributed by atoms with van der Waals surface area (Å²) in [6, 6.07) is 6.79. The third-order valence-electron chi connectivity index (χ3n) is 3.48. The summed E-state index contributed by atoms with van der Waals surface area (Å²) in [5.74, 6) is 1.46. The Kier molecular flexibility index (Phi) is 4.34. The minimum Gasteiger partial charge on any atom is -0.366 e. The van der Waals surface area contributed by atoms with E-state index in [1.165, 1.54) is 25.0 Å². The molecule has 0 radical (unpaired) electrons. The van der Waals surface area contributed by atoms with Crippen molar-refractivity contribution in [2.45, 2.75) is 19.4 Å². The van der Waals surface area contributed by atoms with Gasteiger partial charge in [0.25, 0.3) is 0 Å². The predicted octanol–water partition coefficient (Wildman–Crippen LogP) is 3.59. The Bertz CT molecular complexity index is 609. The number of benzene rings is 1. The van der Waals surface area contributed by atoms with Gasteiger partial charge in [-0.3, -0.25) is 0 Å². The fraction of sp³-hybridized carbons (Fsp3) is 0.333. The van der Waals surface area contributed by atoms with Crippen molar-refractivity contribution in [3.8, 4) is 0 Å². The highest BCUT2D eigenvalue weighted by Gasteiger charge is 2.13. The van der Waals surface area contributed by atoms with Crippen LogP contribution in [0.3, 0.4) is 0 Å². The van der Waals surface area contributed by atoms with Crippen LogP contribution in [0.5, 0.6) is 0 Å². The fourth-order valence-electron chi connectivity index (χ4n) is 2.47. The van der Waals surface area contributed by atoms with Gasteiger partial charge in [-0.25, -0.2) is 14.4 Å². The molecule has 2 aromatic rings. The van der Waals surface area contributed by atoms with Gasteiger partial charge in [0.1, 0.15) is 23.8 Å². The maximum atomic E-state index is 13.3. The Morgan fingerprint density at radius 3 is 2.71 bits per heavy atom. The van der Waals surface area contributed by atoms with Crippen molar-refractivity contribution in [1.82, 2.24) is 9.97 Å². The van der Waals surface area contributed by atoms with Gasteiger partial charge in [0.15, 0.2) is 0 Å². The summed E-state index contributed by atoms with van der Waals surface area (Å²) in [7, 11) is 0. The first-order valence-corrected chi connectivity index (χ1v) is 7.76. The summed E-state index contributed by atoms with van der Waals surface area (Å²) in [6.07, 6.45) is 3.99. The number of anilines is 2. The number of rotatable bonds is 4. The minimum absolute atomic E-state index is 0.249. The number of hydrogen-bond acceptors (Lipinski definition) is 4. The smallest absolute Gasteiger partial charge is 0.134 e. The second kappa shape index (κ2) is 6.39. The van der Waals surface area contributed by atoms with Crippen LogP contribution in [0.4, 0.5) is 16.0 Å². The summed E-state index contributed by atoms with van der Waals surface area (Å²) in [5.41, 5.74) is 0.864. The lowest BCUT2D eigenvalue weighted by atomic mass is 10.2. The summed E-state index contributed by atoms with van der Waals surface area (Å²) in [5, 5.41) is 3.21. The molecule has 0 saturated carbocycles. The third-order valence-corrected chi connectivity index (χ3v) is 3.94. The molecule has 0 atom stereocenters. The third kappa shape index (κ3) is 3.69. The van der Waals surface area contributed by atoms with Crippen molar-refractivity contribution in [1.29, 1.82) is 0 Å². The van der Waals surface area contributed by atoms with E-state index in [-0.39, 0.29) is 5.82 Å². The zero-order valence-electron chi connectivity index (χ0n) is 11.5. The average molecular weight is 351 g/mol. The zero-order valence-corrected chi connectivity index (χ0v) is 13.1. The number of aromatic nitrogens is 2. The Hall–Kier alpha value is -1.69. The molecule has 0 bridgehead atoms. The fourth-order valence-corrected chi connectivity index (χ4v) is 2.98. The van der Waals surface area contributed by atoms with Gasteiger partial charge >= 0.3 is 0 Å². The molecule has 4 nitrogen and oxygen atoms in total. The van der Waals surface area contributed by atoms with E-state index >= 15 is 0 Å². The predicted molar refractivity (Wildman–Crippen MR) is 84.9 cm³/mol. The zero-order chi connectivity index (χ0) is 14.7. The topological polar surface area (TPSA) is 41.0 Å². The van der Waals surface area contributed by atoms with Crippen LogP contribution in [0.2, 0.25) is 0 Å². The van der Waals surface area contributed by atoms with Crippen LogP contribution in [0.25, 0.3) is 0 Å². The second-order valence-corrected chi connectivity index (χ2v) is 6.00. The quantitative estimate of drug-likeness (QED) is 0.914. The molecule has 1 fully saturated rings. The largest absolute Gasteiger partial charge is 0.366 e. The molecule has 1 aromatic heterocycles. The summed E-state index contributed by atoms with van der Waals surface area (Å²) < 4.78 is 14.1. The Labute approximate surface area is 131 Å². The first-order chi connectivity index (χ1) is 10.2. The molecular formula is C15H16BrFN4. The summed E-state index contributed by atoms with van der Waals surface area (Å²) in [6.45, 7) is 2.62. The molecule has 3 rings (SSSR count). The SMILES string of the molecule is Fc1cc(Br)cc(CNc2cc(N3CCCC3)ncn2)c1. The minimum atomic E-state index is -0.249. The Morgan fingerprint density at radius 2 is 1.95 bits per heavy atom. The normalized spacial score (nSPS) is 14.5. The molecule has 0 amide bonds. The number of nitrogens with zero attached hydrogens (tertiary/aromatic N) is 3. The van der Waals surface area contributed by atoms with Crippen molar-refractivity contribution in [2.24, 2.45) is 0 Å². The Balaban J connectivity index is 1.68. The van der Waals surface area contributed by atoms with Crippen LogP contribution in [0, 0.1) is 5.82 Å². The van der Waals surface area contributed by atoms with Crippen LogP contribution < -0.4 is 10.2 Å². The van der Waals surface area contributed by atoms with Crippen LogP contribution in [-0.2, 0) is 6.54 Å². The van der Waals surface area contributed by atoms with Gasteiger partial charge in [-0.05, 0) is 36.6 Å². The van der Waals surface area contributed by atoms with Crippen LogP contribution in [0.15, 0.2) is 35.1 Å². The first-order valence-electron chi connectivity index (χ1n) is 6.96. The molecular weight excluding hydrogens is 335 g/mol. The van der Waals surface area contributed by atoms with Crippen molar-refractivity contribution in [2.75, 3.05) is 23.3 Å². The van der Waals surface area contributed by atoms with Crippen molar-refractivity contribution in [3.05, 3.63) is 46.4 Å². The molecule has 0 unspecified atom stereocenters. The molecule has 1 aliphatic heterocycles. The lowest BCUT2D eigenvalue weighted by Gasteiger charge is -2.16. The summed E-state index contributed by atoms with van der Waals surface area (Å²) in [4.78, 5) is 10.8. The highest BCUT2D eigenvalue weighted by molar-refractivity contribution is 9.10. The van der Waals surface area contributed by atoms with Gasteiger partial charge in [0.2, 0.25) is 0 Å². The van der Waals surface area contributed by atoms with Crippen molar-refractivity contribution in [3.63, 3.8) is 0 Å². The standard InChI is InChI=1S/C15H16BrFN4/c16-12-5-11(6-13(17)7-12)9-18-14-8-15(20-10-19-14)21-3-1-2-4-21/h5-8,10H,1-4,9H2,(H,18,19,20). The van der Waals surface area contributed by atoms with Crippen molar-refractivity contribution >= 4 is 27.6 Å². The molecule has 0 aliphatic carbocycles. The number of nitrogens with one attached hydrogen (secondary N) is 1. The monoisotopic (exact) mass is 350 g/mol. The highest BCUT2D eigenvalue weighted by atomic mass is 79.9. The van der Waals surface area contributed by atoms with E-state index in [4.69, 9.17) is 0 Å². The van der Waals surface area contributed by atoms with Gasteiger partial charge in [0.05, 0.1) is 0 Å². The highest BCUT2D eigenvalue weighted by Crippen LogP contribution is 2.20. The van der Waals surface area contributed by atoms with Crippen LogP contribution in [0.1, 0.15) is 18.4 Å². The van der Waals surface area contributed by atoms with E-state index in [1.807, 2.05) is 12.1 Å². The lowest BCUT2D eigenvalue weighted by Crippen LogP contribution is -2.19. The summed E-state index contributed by atoms with van der Waals surface area (Å²) >= 11 is 3.30. The maximum Gasteiger partial charge on any atom is 0.134 e. The van der Waals surface area contributed by atoms with Gasteiger partial charge in [-0.15, -0.1) is 0 Å². The molecule has 0 spiro atoms. The molecule has 1 aromatic carbocycles. The molecule has 110 valence electrons. The van der Waals surface area contributed by atoms with E-state index in [2.05, 4.69) is 36.1 Å². The van der Waals surface area contributed by atoms with Gasteiger partial charge < -0.3 is 10.2 Å².